The highest BCUT2D eigenvalue weighted by Crippen LogP contribution is 2.35. The van der Waals surface area contributed by atoms with E-state index in [0.717, 1.165) is 22.1 Å². The number of carbonyl (C=O) groups excluding carboxylic acids is 2. The van der Waals surface area contributed by atoms with Gasteiger partial charge in [0.1, 0.15) is 11.7 Å². The van der Waals surface area contributed by atoms with E-state index in [4.69, 9.17) is 21.1 Å². The summed E-state index contributed by atoms with van der Waals surface area (Å²) in [5.41, 5.74) is 2.51. The number of halogens is 1. The second-order valence-electron chi connectivity index (χ2n) is 11.6. The fraction of sp³-hybridized carbons (Fsp3) is 0.469. The van der Waals surface area contributed by atoms with Gasteiger partial charge in [0.15, 0.2) is 0 Å². The molecule has 8 heteroatoms. The van der Waals surface area contributed by atoms with Crippen LogP contribution < -0.4 is 10.9 Å². The lowest BCUT2D eigenvalue weighted by Gasteiger charge is -2.25. The molecule has 0 aliphatic rings. The summed E-state index contributed by atoms with van der Waals surface area (Å²) >= 11 is 6.23. The van der Waals surface area contributed by atoms with E-state index in [0.29, 0.717) is 29.1 Å². The number of aromatic nitrogens is 1. The maximum Gasteiger partial charge on any atom is 0.407 e. The first-order valence-corrected chi connectivity index (χ1v) is 14.2. The van der Waals surface area contributed by atoms with Crippen molar-refractivity contribution in [2.45, 2.75) is 92.5 Å². The van der Waals surface area contributed by atoms with E-state index in [2.05, 4.69) is 5.32 Å². The summed E-state index contributed by atoms with van der Waals surface area (Å²) < 4.78 is 12.8. The number of hydrogen-bond donors (Lipinski definition) is 1. The van der Waals surface area contributed by atoms with E-state index >= 15 is 0 Å². The highest BCUT2D eigenvalue weighted by molar-refractivity contribution is 6.30. The van der Waals surface area contributed by atoms with Crippen LogP contribution in [0.1, 0.15) is 79.0 Å². The van der Waals surface area contributed by atoms with Crippen LogP contribution >= 0.6 is 11.6 Å². The molecule has 2 atom stereocenters. The lowest BCUT2D eigenvalue weighted by Crippen LogP contribution is -2.35. The van der Waals surface area contributed by atoms with Gasteiger partial charge < -0.3 is 19.4 Å². The van der Waals surface area contributed by atoms with E-state index in [1.54, 1.807) is 32.3 Å². The van der Waals surface area contributed by atoms with Crippen LogP contribution in [0, 0.1) is 5.92 Å². The maximum absolute atomic E-state index is 13.9. The van der Waals surface area contributed by atoms with Gasteiger partial charge in [-0.3, -0.25) is 9.59 Å². The van der Waals surface area contributed by atoms with Gasteiger partial charge in [0, 0.05) is 40.5 Å². The van der Waals surface area contributed by atoms with Crippen LogP contribution in [0.5, 0.6) is 0 Å². The number of benzene rings is 2. The third-order valence-electron chi connectivity index (χ3n) is 6.72. The Morgan fingerprint density at radius 1 is 1.00 bits per heavy atom. The molecule has 40 heavy (non-hydrogen) atoms. The molecule has 3 rings (SSSR count). The molecule has 2 aromatic carbocycles. The van der Waals surface area contributed by atoms with Crippen LogP contribution in [0.25, 0.3) is 21.9 Å². The van der Waals surface area contributed by atoms with Gasteiger partial charge in [0.05, 0.1) is 6.54 Å². The Labute approximate surface area is 241 Å². The lowest BCUT2D eigenvalue weighted by atomic mass is 9.90. The van der Waals surface area contributed by atoms with E-state index < -0.39 is 11.7 Å². The summed E-state index contributed by atoms with van der Waals surface area (Å²) in [5, 5.41) is 4.78. The number of rotatable bonds is 9. The Morgan fingerprint density at radius 3 is 2.23 bits per heavy atom. The van der Waals surface area contributed by atoms with E-state index in [9.17, 15) is 14.4 Å². The van der Waals surface area contributed by atoms with Crippen molar-refractivity contribution in [3.8, 4) is 11.1 Å². The summed E-state index contributed by atoms with van der Waals surface area (Å²) in [6, 6.07) is 13.2. The highest BCUT2D eigenvalue weighted by Gasteiger charge is 2.24. The van der Waals surface area contributed by atoms with E-state index in [1.165, 1.54) is 0 Å². The largest absolute Gasteiger partial charge is 0.462 e. The number of pyridine rings is 1. The molecule has 216 valence electrons. The van der Waals surface area contributed by atoms with Gasteiger partial charge in [-0.25, -0.2) is 4.79 Å². The fourth-order valence-electron chi connectivity index (χ4n) is 4.61. The average molecular weight is 569 g/mol. The molecule has 0 saturated heterocycles. The molecular weight excluding hydrogens is 528 g/mol. The molecule has 0 bridgehead atoms. The number of nitrogens with one attached hydrogen (secondary N) is 1. The Morgan fingerprint density at radius 2 is 1.65 bits per heavy atom. The molecule has 0 aliphatic carbocycles. The lowest BCUT2D eigenvalue weighted by molar-refractivity contribution is -0.148. The van der Waals surface area contributed by atoms with Crippen molar-refractivity contribution in [3.05, 3.63) is 69.1 Å². The molecule has 0 radical (unpaired) electrons. The van der Waals surface area contributed by atoms with Crippen LogP contribution in [0.4, 0.5) is 4.79 Å². The smallest absolute Gasteiger partial charge is 0.407 e. The first-order chi connectivity index (χ1) is 18.7. The molecule has 7 nitrogen and oxygen atoms in total. The quantitative estimate of drug-likeness (QED) is 0.271. The zero-order valence-electron chi connectivity index (χ0n) is 24.8. The second-order valence-corrected chi connectivity index (χ2v) is 12.1. The van der Waals surface area contributed by atoms with Crippen LogP contribution in [-0.2, 0) is 27.4 Å². The number of hydrogen-bond acceptors (Lipinski definition) is 5. The Kier molecular flexibility index (Phi) is 10.1. The molecule has 0 fully saturated rings. The number of fused-ring (bicyclic) bond motifs is 1. The van der Waals surface area contributed by atoms with Crippen molar-refractivity contribution < 1.29 is 19.1 Å². The molecule has 2 unspecified atom stereocenters. The second kappa shape index (κ2) is 12.9. The van der Waals surface area contributed by atoms with Gasteiger partial charge in [-0.2, -0.15) is 0 Å². The fourth-order valence-corrected chi connectivity index (χ4v) is 4.74. The van der Waals surface area contributed by atoms with Crippen molar-refractivity contribution in [1.29, 1.82) is 0 Å². The summed E-state index contributed by atoms with van der Waals surface area (Å²) in [6.45, 7) is 15.7. The standard InChI is InChI=1S/C32H41ClN2O5/c1-9-28(36)39-21(5)20(4)23-12-15-25-26(16-23)29(22-10-13-24(33)14-11-22)27(35(30(25)37)18-19(2)3)17-34-31(38)40-32(6,7)8/h10-16,19-21H,9,17-18H2,1-8H3,(H,34,38). The molecule has 0 aliphatic heterocycles. The monoisotopic (exact) mass is 568 g/mol. The van der Waals surface area contributed by atoms with Crippen molar-refractivity contribution in [2.24, 2.45) is 5.92 Å². The third kappa shape index (κ3) is 7.66. The molecule has 0 spiro atoms. The van der Waals surface area contributed by atoms with Gasteiger partial charge in [0.25, 0.3) is 5.56 Å². The van der Waals surface area contributed by atoms with Crippen LogP contribution in [0.3, 0.4) is 0 Å². The van der Waals surface area contributed by atoms with E-state index in [1.807, 2.05) is 70.2 Å². The SMILES string of the molecule is CCC(=O)OC(C)C(C)c1ccc2c(=O)n(CC(C)C)c(CNC(=O)OC(C)(C)C)c(-c3ccc(Cl)cc3)c2c1. The van der Waals surface area contributed by atoms with Crippen LogP contribution in [0.2, 0.25) is 5.02 Å². The zero-order chi connectivity index (χ0) is 29.8. The minimum atomic E-state index is -0.660. The molecule has 1 heterocycles. The van der Waals surface area contributed by atoms with Gasteiger partial charge in [0.2, 0.25) is 0 Å². The van der Waals surface area contributed by atoms with Gasteiger partial charge in [-0.05, 0) is 74.4 Å². The zero-order valence-corrected chi connectivity index (χ0v) is 25.5. The van der Waals surface area contributed by atoms with E-state index in [-0.39, 0.29) is 36.0 Å². The van der Waals surface area contributed by atoms with Crippen molar-refractivity contribution in [3.63, 3.8) is 0 Å². The number of ether oxygens (including phenoxy) is 2. The molecule has 1 aromatic heterocycles. The topological polar surface area (TPSA) is 86.6 Å². The summed E-state index contributed by atoms with van der Waals surface area (Å²) in [7, 11) is 0. The first-order valence-electron chi connectivity index (χ1n) is 13.8. The molecule has 1 N–H and O–H groups in total. The Hall–Kier alpha value is -3.32. The maximum atomic E-state index is 13.9. The number of carbonyl (C=O) groups is 2. The number of alkyl carbamates (subject to hydrolysis) is 1. The summed E-state index contributed by atoms with van der Waals surface area (Å²) in [6.07, 6.45) is -0.607. The number of nitrogens with zero attached hydrogens (tertiary/aromatic N) is 1. The predicted octanol–water partition coefficient (Wildman–Crippen LogP) is 7.45. The molecule has 3 aromatic rings. The first kappa shape index (κ1) is 31.2. The number of esters is 1. The molecule has 0 saturated carbocycles. The average Bonchev–Trinajstić information content (AvgIpc) is 2.87. The van der Waals surface area contributed by atoms with Crippen molar-refractivity contribution >= 4 is 34.4 Å². The Bertz CT molecular complexity index is 1420. The Balaban J connectivity index is 2.28. The van der Waals surface area contributed by atoms with Crippen molar-refractivity contribution in [1.82, 2.24) is 9.88 Å². The molecular formula is C32H41ClN2O5. The van der Waals surface area contributed by atoms with Crippen molar-refractivity contribution in [2.75, 3.05) is 0 Å². The van der Waals surface area contributed by atoms with Gasteiger partial charge in [-0.1, -0.05) is 57.5 Å². The van der Waals surface area contributed by atoms with Gasteiger partial charge in [-0.15, -0.1) is 0 Å². The van der Waals surface area contributed by atoms with Gasteiger partial charge >= 0.3 is 12.1 Å². The number of amides is 1. The van der Waals surface area contributed by atoms with Crippen LogP contribution in [-0.4, -0.2) is 28.3 Å². The van der Waals surface area contributed by atoms with Crippen LogP contribution in [0.15, 0.2) is 47.3 Å². The minimum absolute atomic E-state index is 0.0923. The summed E-state index contributed by atoms with van der Waals surface area (Å²) in [5.74, 6) is -0.185. The summed E-state index contributed by atoms with van der Waals surface area (Å²) in [4.78, 5) is 38.5. The molecule has 1 amide bonds. The normalized spacial score (nSPS) is 13.2. The highest BCUT2D eigenvalue weighted by atomic mass is 35.5. The minimum Gasteiger partial charge on any atom is -0.462 e. The third-order valence-corrected chi connectivity index (χ3v) is 6.97. The predicted molar refractivity (Wildman–Crippen MR) is 161 cm³/mol.